The van der Waals surface area contributed by atoms with Crippen molar-refractivity contribution >= 4 is 5.91 Å². The summed E-state index contributed by atoms with van der Waals surface area (Å²) in [5.41, 5.74) is 1.09. The Morgan fingerprint density at radius 1 is 1.39 bits per heavy atom. The Morgan fingerprint density at radius 3 is 2.67 bits per heavy atom. The molecule has 1 rings (SSSR count). The van der Waals surface area contributed by atoms with Crippen molar-refractivity contribution in [2.24, 2.45) is 0 Å². The number of carbonyl (C=O) groups excluding carboxylic acids is 1. The molecule has 0 atom stereocenters. The second-order valence-electron chi connectivity index (χ2n) is 4.05. The van der Waals surface area contributed by atoms with E-state index in [0.717, 1.165) is 12.0 Å². The van der Waals surface area contributed by atoms with E-state index in [1.807, 2.05) is 18.2 Å². The molecule has 1 amide bonds. The van der Waals surface area contributed by atoms with Crippen LogP contribution in [0.4, 0.5) is 0 Å². The summed E-state index contributed by atoms with van der Waals surface area (Å²) in [6.07, 6.45) is 2.60. The first-order valence-electron chi connectivity index (χ1n) is 5.69. The molecule has 0 unspecified atom stereocenters. The molecule has 18 heavy (non-hydrogen) atoms. The summed E-state index contributed by atoms with van der Waals surface area (Å²) in [6, 6.07) is 5.62. The lowest BCUT2D eigenvalue weighted by Gasteiger charge is -2.14. The van der Waals surface area contributed by atoms with Crippen LogP contribution in [0, 0.1) is 0 Å². The van der Waals surface area contributed by atoms with Crippen LogP contribution < -0.4 is 9.47 Å². The van der Waals surface area contributed by atoms with E-state index in [4.69, 9.17) is 9.47 Å². The molecule has 1 aromatic rings. The van der Waals surface area contributed by atoms with E-state index < -0.39 is 0 Å². The molecule has 0 N–H and O–H groups in total. The van der Waals surface area contributed by atoms with Gasteiger partial charge < -0.3 is 14.4 Å². The lowest BCUT2D eigenvalue weighted by atomic mass is 10.1. The van der Waals surface area contributed by atoms with Crippen molar-refractivity contribution in [2.45, 2.75) is 6.42 Å². The molecular formula is C14H19NO3. The van der Waals surface area contributed by atoms with Gasteiger partial charge in [-0.2, -0.15) is 0 Å². The Morgan fingerprint density at radius 2 is 2.11 bits per heavy atom. The Kier molecular flexibility index (Phi) is 5.24. The molecule has 0 heterocycles. The molecule has 0 saturated heterocycles. The number of hydrogen-bond acceptors (Lipinski definition) is 3. The first kappa shape index (κ1) is 14.1. The normalized spacial score (nSPS) is 9.72. The predicted molar refractivity (Wildman–Crippen MR) is 71.1 cm³/mol. The highest BCUT2D eigenvalue weighted by molar-refractivity contribution is 5.77. The van der Waals surface area contributed by atoms with Crippen LogP contribution in [0.5, 0.6) is 11.5 Å². The van der Waals surface area contributed by atoms with Crippen LogP contribution in [-0.2, 0) is 11.2 Å². The Hall–Kier alpha value is -1.97. The van der Waals surface area contributed by atoms with E-state index in [1.54, 1.807) is 27.3 Å². The van der Waals surface area contributed by atoms with Gasteiger partial charge in [0, 0.05) is 14.1 Å². The average molecular weight is 249 g/mol. The van der Waals surface area contributed by atoms with E-state index in [2.05, 4.69) is 6.58 Å². The number of ether oxygens (including phenoxy) is 2. The smallest absolute Gasteiger partial charge is 0.259 e. The maximum Gasteiger partial charge on any atom is 0.259 e. The van der Waals surface area contributed by atoms with Crippen molar-refractivity contribution < 1.29 is 14.3 Å². The van der Waals surface area contributed by atoms with Crippen LogP contribution in [0.3, 0.4) is 0 Å². The van der Waals surface area contributed by atoms with Gasteiger partial charge in [0.2, 0.25) is 0 Å². The number of nitrogens with zero attached hydrogens (tertiary/aromatic N) is 1. The van der Waals surface area contributed by atoms with Crippen molar-refractivity contribution in [3.05, 3.63) is 36.4 Å². The molecule has 0 aliphatic heterocycles. The molecule has 0 saturated carbocycles. The molecule has 4 heteroatoms. The summed E-state index contributed by atoms with van der Waals surface area (Å²) < 4.78 is 10.7. The van der Waals surface area contributed by atoms with Gasteiger partial charge in [0.05, 0.1) is 7.11 Å². The first-order chi connectivity index (χ1) is 8.58. The van der Waals surface area contributed by atoms with Crippen LogP contribution in [0.25, 0.3) is 0 Å². The van der Waals surface area contributed by atoms with Gasteiger partial charge >= 0.3 is 0 Å². The third-order valence-corrected chi connectivity index (χ3v) is 2.46. The van der Waals surface area contributed by atoms with Gasteiger partial charge in [0.1, 0.15) is 0 Å². The second-order valence-corrected chi connectivity index (χ2v) is 4.05. The van der Waals surface area contributed by atoms with E-state index in [9.17, 15) is 4.79 Å². The van der Waals surface area contributed by atoms with Crippen molar-refractivity contribution in [3.8, 4) is 11.5 Å². The van der Waals surface area contributed by atoms with E-state index in [0.29, 0.717) is 11.5 Å². The summed E-state index contributed by atoms with van der Waals surface area (Å²) in [4.78, 5) is 12.9. The van der Waals surface area contributed by atoms with Crippen LogP contribution in [0.2, 0.25) is 0 Å². The molecule has 0 aromatic heterocycles. The largest absolute Gasteiger partial charge is 0.493 e. The van der Waals surface area contributed by atoms with Crippen LogP contribution in [-0.4, -0.2) is 38.6 Å². The van der Waals surface area contributed by atoms with Crippen molar-refractivity contribution in [1.82, 2.24) is 4.90 Å². The second kappa shape index (κ2) is 6.69. The molecular weight excluding hydrogens is 230 g/mol. The topological polar surface area (TPSA) is 38.8 Å². The van der Waals surface area contributed by atoms with Gasteiger partial charge in [-0.1, -0.05) is 12.1 Å². The minimum absolute atomic E-state index is 0.00413. The quantitative estimate of drug-likeness (QED) is 0.723. The maximum absolute atomic E-state index is 11.4. The summed E-state index contributed by atoms with van der Waals surface area (Å²) >= 11 is 0. The van der Waals surface area contributed by atoms with Gasteiger partial charge in [-0.3, -0.25) is 4.79 Å². The molecule has 4 nitrogen and oxygen atoms in total. The minimum Gasteiger partial charge on any atom is -0.493 e. The summed E-state index contributed by atoms with van der Waals surface area (Å²) in [6.45, 7) is 3.69. The van der Waals surface area contributed by atoms with Crippen LogP contribution in [0.15, 0.2) is 30.9 Å². The molecule has 0 aliphatic rings. The molecule has 98 valence electrons. The van der Waals surface area contributed by atoms with Gasteiger partial charge in [0.25, 0.3) is 5.91 Å². The molecule has 1 aromatic carbocycles. The zero-order valence-corrected chi connectivity index (χ0v) is 11.1. The highest BCUT2D eigenvalue weighted by Crippen LogP contribution is 2.28. The van der Waals surface area contributed by atoms with Crippen molar-refractivity contribution in [1.29, 1.82) is 0 Å². The SMILES string of the molecule is C=CCc1ccc(OCC(=O)N(C)C)c(OC)c1. The number of carbonyl (C=O) groups is 1. The van der Waals surface area contributed by atoms with Gasteiger partial charge in [-0.05, 0) is 24.1 Å². The minimum atomic E-state index is -0.0905. The van der Waals surface area contributed by atoms with Crippen molar-refractivity contribution in [2.75, 3.05) is 27.8 Å². The van der Waals surface area contributed by atoms with Gasteiger partial charge in [0.15, 0.2) is 18.1 Å². The molecule has 0 spiro atoms. The monoisotopic (exact) mass is 249 g/mol. The summed E-state index contributed by atoms with van der Waals surface area (Å²) in [5.74, 6) is 1.11. The lowest BCUT2D eigenvalue weighted by molar-refractivity contribution is -0.130. The van der Waals surface area contributed by atoms with Crippen molar-refractivity contribution in [3.63, 3.8) is 0 Å². The average Bonchev–Trinajstić information content (AvgIpc) is 2.36. The van der Waals surface area contributed by atoms with E-state index in [-0.39, 0.29) is 12.5 Å². The molecule has 0 bridgehead atoms. The number of likely N-dealkylation sites (N-methyl/N-ethyl adjacent to an activating group) is 1. The Bertz CT molecular complexity index is 427. The maximum atomic E-state index is 11.4. The number of allylic oxidation sites excluding steroid dienone is 1. The summed E-state index contributed by atoms with van der Waals surface area (Å²) in [7, 11) is 4.96. The number of hydrogen-bond donors (Lipinski definition) is 0. The van der Waals surface area contributed by atoms with E-state index >= 15 is 0 Å². The zero-order valence-electron chi connectivity index (χ0n) is 11.1. The fourth-order valence-corrected chi connectivity index (χ4v) is 1.39. The van der Waals surface area contributed by atoms with E-state index in [1.165, 1.54) is 4.90 Å². The zero-order chi connectivity index (χ0) is 13.5. The Balaban J connectivity index is 2.76. The van der Waals surface area contributed by atoms with Crippen LogP contribution >= 0.6 is 0 Å². The number of benzene rings is 1. The third kappa shape index (κ3) is 3.80. The first-order valence-corrected chi connectivity index (χ1v) is 5.69. The molecule has 0 fully saturated rings. The predicted octanol–water partition coefficient (Wildman–Crippen LogP) is 1.89. The number of amides is 1. The number of rotatable bonds is 6. The van der Waals surface area contributed by atoms with Gasteiger partial charge in [-0.25, -0.2) is 0 Å². The van der Waals surface area contributed by atoms with Crippen LogP contribution in [0.1, 0.15) is 5.56 Å². The molecule has 0 aliphatic carbocycles. The third-order valence-electron chi connectivity index (χ3n) is 2.46. The lowest BCUT2D eigenvalue weighted by Crippen LogP contribution is -2.27. The highest BCUT2D eigenvalue weighted by Gasteiger charge is 2.09. The number of methoxy groups -OCH3 is 1. The standard InChI is InChI=1S/C14H19NO3/c1-5-6-11-7-8-12(13(9-11)17-4)18-10-14(16)15(2)3/h5,7-9H,1,6,10H2,2-4H3. The fraction of sp³-hybridized carbons (Fsp3) is 0.357. The van der Waals surface area contributed by atoms with Gasteiger partial charge in [-0.15, -0.1) is 6.58 Å². The molecule has 0 radical (unpaired) electrons. The Labute approximate surface area is 108 Å². The fourth-order valence-electron chi connectivity index (χ4n) is 1.39. The highest BCUT2D eigenvalue weighted by atomic mass is 16.5. The summed E-state index contributed by atoms with van der Waals surface area (Å²) in [5, 5.41) is 0.